The molecule has 5 nitrogen and oxygen atoms in total. The lowest BCUT2D eigenvalue weighted by Crippen LogP contribution is -2.10. The normalized spacial score (nSPS) is 30.7. The van der Waals surface area contributed by atoms with Crippen LogP contribution in [0.3, 0.4) is 0 Å². The monoisotopic (exact) mass is 250 g/mol. The lowest BCUT2D eigenvalue weighted by atomic mass is 10.0. The van der Waals surface area contributed by atoms with Crippen LogP contribution in [0.1, 0.15) is 31.1 Å². The maximum atomic E-state index is 10.4. The van der Waals surface area contributed by atoms with E-state index in [4.69, 9.17) is 9.47 Å². The summed E-state index contributed by atoms with van der Waals surface area (Å²) < 4.78 is 10.2. The fraction of sp³-hybridized carbons (Fsp3) is 0.692. The third kappa shape index (κ3) is 1.73. The van der Waals surface area contributed by atoms with Crippen LogP contribution < -0.4 is 9.47 Å². The number of aliphatic hydroxyl groups excluding tert-OH is 1. The van der Waals surface area contributed by atoms with Crippen LogP contribution in [-0.2, 0) is 0 Å². The number of aliphatic hydroxyl groups is 1. The molecule has 0 spiro atoms. The molecule has 3 rings (SSSR count). The first-order valence-electron chi connectivity index (χ1n) is 6.39. The molecule has 0 radical (unpaired) electrons. The number of methoxy groups -OCH3 is 2. The molecular weight excluding hydrogens is 232 g/mol. The van der Waals surface area contributed by atoms with Gasteiger partial charge in [0.2, 0.25) is 11.8 Å². The summed E-state index contributed by atoms with van der Waals surface area (Å²) >= 11 is 0. The van der Waals surface area contributed by atoms with Crippen molar-refractivity contribution in [1.29, 1.82) is 0 Å². The second-order valence-electron chi connectivity index (χ2n) is 5.09. The maximum absolute atomic E-state index is 10.4. The van der Waals surface area contributed by atoms with Gasteiger partial charge in [0, 0.05) is 0 Å². The molecular formula is C13H18N2O3. The van der Waals surface area contributed by atoms with E-state index < -0.39 is 6.10 Å². The lowest BCUT2D eigenvalue weighted by Gasteiger charge is -2.14. The van der Waals surface area contributed by atoms with Crippen LogP contribution >= 0.6 is 0 Å². The van der Waals surface area contributed by atoms with E-state index in [1.54, 1.807) is 0 Å². The average Bonchev–Trinajstić information content (AvgIpc) is 2.89. The molecule has 2 aliphatic carbocycles. The van der Waals surface area contributed by atoms with E-state index in [9.17, 15) is 5.11 Å². The number of rotatable bonds is 4. The number of fused-ring (bicyclic) bond motifs is 1. The van der Waals surface area contributed by atoms with E-state index in [2.05, 4.69) is 9.97 Å². The van der Waals surface area contributed by atoms with Crippen LogP contribution in [-0.4, -0.2) is 29.3 Å². The van der Waals surface area contributed by atoms with Gasteiger partial charge in [-0.15, -0.1) is 0 Å². The van der Waals surface area contributed by atoms with Gasteiger partial charge in [0.25, 0.3) is 0 Å². The number of hydrogen-bond donors (Lipinski definition) is 1. The summed E-state index contributed by atoms with van der Waals surface area (Å²) in [4.78, 5) is 8.41. The average molecular weight is 250 g/mol. The molecule has 0 amide bonds. The molecule has 0 saturated heterocycles. The van der Waals surface area contributed by atoms with Gasteiger partial charge in [0.15, 0.2) is 0 Å². The van der Waals surface area contributed by atoms with Crippen molar-refractivity contribution in [2.75, 3.05) is 14.2 Å². The quantitative estimate of drug-likeness (QED) is 0.878. The summed E-state index contributed by atoms with van der Waals surface area (Å²) in [5.41, 5.74) is 0.540. The van der Waals surface area contributed by atoms with E-state index in [1.165, 1.54) is 39.7 Å². The smallest absolute Gasteiger partial charge is 0.241 e. The molecule has 5 heteroatoms. The highest BCUT2D eigenvalue weighted by molar-refractivity contribution is 5.27. The van der Waals surface area contributed by atoms with Crippen LogP contribution in [0.4, 0.5) is 0 Å². The molecule has 98 valence electrons. The molecule has 0 bridgehead atoms. The largest absolute Gasteiger partial charge is 0.480 e. The summed E-state index contributed by atoms with van der Waals surface area (Å²) in [6, 6.07) is 0. The third-order valence-electron chi connectivity index (χ3n) is 4.26. The molecule has 2 fully saturated rings. The number of ether oxygens (including phenoxy) is 2. The van der Waals surface area contributed by atoms with Crippen molar-refractivity contribution >= 4 is 0 Å². The highest BCUT2D eigenvalue weighted by Gasteiger charge is 2.56. The Morgan fingerprint density at radius 3 is 2.61 bits per heavy atom. The zero-order valence-electron chi connectivity index (χ0n) is 10.7. The Labute approximate surface area is 106 Å². The molecule has 1 aromatic rings. The van der Waals surface area contributed by atoms with Gasteiger partial charge >= 0.3 is 0 Å². The van der Waals surface area contributed by atoms with Gasteiger partial charge in [-0.05, 0) is 30.6 Å². The fourth-order valence-corrected chi connectivity index (χ4v) is 3.35. The molecule has 3 unspecified atom stereocenters. The summed E-state index contributed by atoms with van der Waals surface area (Å²) in [5, 5.41) is 10.4. The minimum atomic E-state index is -0.561. The van der Waals surface area contributed by atoms with Gasteiger partial charge in [-0.1, -0.05) is 6.42 Å². The van der Waals surface area contributed by atoms with Crippen molar-refractivity contribution in [3.63, 3.8) is 0 Å². The minimum Gasteiger partial charge on any atom is -0.480 e. The zero-order chi connectivity index (χ0) is 12.7. The fourth-order valence-electron chi connectivity index (χ4n) is 3.35. The molecule has 1 heterocycles. The van der Waals surface area contributed by atoms with Crippen molar-refractivity contribution < 1.29 is 14.6 Å². The topological polar surface area (TPSA) is 64.5 Å². The molecule has 1 N–H and O–H groups in total. The Hall–Kier alpha value is -1.36. The summed E-state index contributed by atoms with van der Waals surface area (Å²) in [5.74, 6) is 2.46. The van der Waals surface area contributed by atoms with Gasteiger partial charge in [-0.2, -0.15) is 4.98 Å². The Morgan fingerprint density at radius 1 is 1.28 bits per heavy atom. The molecule has 2 aliphatic rings. The Balaban J connectivity index is 1.83. The maximum Gasteiger partial charge on any atom is 0.241 e. The predicted molar refractivity (Wildman–Crippen MR) is 64.4 cm³/mol. The van der Waals surface area contributed by atoms with Gasteiger partial charge < -0.3 is 14.6 Å². The number of nitrogens with zero attached hydrogens (tertiary/aromatic N) is 2. The van der Waals surface area contributed by atoms with Crippen LogP contribution in [0.15, 0.2) is 6.20 Å². The standard InChI is InChI=1S/C13H18N2O3/c1-17-9-6-14-11(13(15-9)18-2)12(16)10-7-4-3-5-8(7)10/h6-8,10,12,16H,3-5H2,1-2H3. The summed E-state index contributed by atoms with van der Waals surface area (Å²) in [7, 11) is 3.07. The summed E-state index contributed by atoms with van der Waals surface area (Å²) in [6.45, 7) is 0. The zero-order valence-corrected chi connectivity index (χ0v) is 10.7. The SMILES string of the molecule is COc1cnc(C(O)C2C3CCCC32)c(OC)n1. The van der Waals surface area contributed by atoms with Crippen molar-refractivity contribution in [3.05, 3.63) is 11.9 Å². The first-order valence-corrected chi connectivity index (χ1v) is 6.39. The van der Waals surface area contributed by atoms with E-state index in [1.807, 2.05) is 0 Å². The van der Waals surface area contributed by atoms with E-state index in [0.29, 0.717) is 35.2 Å². The van der Waals surface area contributed by atoms with E-state index in [0.717, 1.165) is 0 Å². The highest BCUT2D eigenvalue weighted by Crippen LogP contribution is 2.62. The Kier molecular flexibility index (Phi) is 2.86. The van der Waals surface area contributed by atoms with Crippen molar-refractivity contribution in [2.45, 2.75) is 25.4 Å². The van der Waals surface area contributed by atoms with Crippen molar-refractivity contribution in [2.24, 2.45) is 17.8 Å². The van der Waals surface area contributed by atoms with E-state index in [-0.39, 0.29) is 0 Å². The highest BCUT2D eigenvalue weighted by atomic mass is 16.5. The van der Waals surface area contributed by atoms with Crippen LogP contribution in [0, 0.1) is 17.8 Å². The van der Waals surface area contributed by atoms with Crippen LogP contribution in [0.25, 0.3) is 0 Å². The van der Waals surface area contributed by atoms with Crippen LogP contribution in [0.2, 0.25) is 0 Å². The van der Waals surface area contributed by atoms with Gasteiger partial charge in [0.1, 0.15) is 11.8 Å². The molecule has 0 aromatic carbocycles. The molecule has 2 saturated carbocycles. The van der Waals surface area contributed by atoms with Crippen molar-refractivity contribution in [1.82, 2.24) is 9.97 Å². The van der Waals surface area contributed by atoms with Crippen LogP contribution in [0.5, 0.6) is 11.8 Å². The molecule has 0 aliphatic heterocycles. The second kappa shape index (κ2) is 4.39. The first-order chi connectivity index (χ1) is 8.76. The first kappa shape index (κ1) is 11.7. The minimum absolute atomic E-state index is 0.343. The lowest BCUT2D eigenvalue weighted by molar-refractivity contribution is 0.127. The van der Waals surface area contributed by atoms with Gasteiger partial charge in [0.05, 0.1) is 20.4 Å². The third-order valence-corrected chi connectivity index (χ3v) is 4.26. The van der Waals surface area contributed by atoms with Crippen molar-refractivity contribution in [3.8, 4) is 11.8 Å². The second-order valence-corrected chi connectivity index (χ2v) is 5.09. The van der Waals surface area contributed by atoms with E-state index >= 15 is 0 Å². The van der Waals surface area contributed by atoms with Gasteiger partial charge in [-0.3, -0.25) is 0 Å². The predicted octanol–water partition coefficient (Wildman–Crippen LogP) is 1.57. The summed E-state index contributed by atoms with van der Waals surface area (Å²) in [6.07, 6.45) is 4.73. The number of hydrogen-bond acceptors (Lipinski definition) is 5. The Bertz CT molecular complexity index is 442. The van der Waals surface area contributed by atoms with Gasteiger partial charge in [-0.25, -0.2) is 4.98 Å². The molecule has 1 aromatic heterocycles. The Morgan fingerprint density at radius 2 is 2.00 bits per heavy atom. The molecule has 18 heavy (non-hydrogen) atoms. The number of aromatic nitrogens is 2. The molecule has 3 atom stereocenters.